The van der Waals surface area contributed by atoms with E-state index in [1.807, 2.05) is 0 Å². The molecule has 5 nitrogen and oxygen atoms in total. The molecule has 1 fully saturated rings. The summed E-state index contributed by atoms with van der Waals surface area (Å²) in [7, 11) is -3.68. The molecule has 0 bridgehead atoms. The van der Waals surface area contributed by atoms with Crippen molar-refractivity contribution < 1.29 is 8.42 Å². The van der Waals surface area contributed by atoms with Crippen LogP contribution in [0.3, 0.4) is 0 Å². The molecular weight excluding hydrogens is 250 g/mol. The van der Waals surface area contributed by atoms with Gasteiger partial charge in [-0.15, -0.1) is 0 Å². The number of rotatable bonds is 5. The first-order chi connectivity index (χ1) is 8.41. The minimum absolute atomic E-state index is 0.0613. The van der Waals surface area contributed by atoms with Gasteiger partial charge >= 0.3 is 0 Å². The van der Waals surface area contributed by atoms with E-state index in [0.717, 1.165) is 24.7 Å². The lowest BCUT2D eigenvalue weighted by molar-refractivity contribution is 0.598. The van der Waals surface area contributed by atoms with Gasteiger partial charge in [0.1, 0.15) is 0 Å². The zero-order valence-corrected chi connectivity index (χ0v) is 11.3. The van der Waals surface area contributed by atoms with Crippen LogP contribution in [0.25, 0.3) is 0 Å². The van der Waals surface area contributed by atoms with Gasteiger partial charge in [-0.25, -0.2) is 13.6 Å². The van der Waals surface area contributed by atoms with Crippen LogP contribution in [0, 0.1) is 5.92 Å². The molecule has 0 atom stereocenters. The molecule has 2 rings (SSSR count). The van der Waals surface area contributed by atoms with E-state index in [-0.39, 0.29) is 4.90 Å². The molecule has 0 amide bonds. The maximum Gasteiger partial charge on any atom is 0.238 e. The van der Waals surface area contributed by atoms with Crippen molar-refractivity contribution in [2.24, 2.45) is 11.1 Å². The number of benzene rings is 1. The first-order valence-electron chi connectivity index (χ1n) is 6.09. The summed E-state index contributed by atoms with van der Waals surface area (Å²) >= 11 is 0. The zero-order chi connectivity index (χ0) is 13.3. The van der Waals surface area contributed by atoms with E-state index in [0.29, 0.717) is 5.69 Å². The van der Waals surface area contributed by atoms with Crippen LogP contribution in [0.4, 0.5) is 11.4 Å². The van der Waals surface area contributed by atoms with Crippen LogP contribution in [0.5, 0.6) is 0 Å². The van der Waals surface area contributed by atoms with Crippen LogP contribution in [0.2, 0.25) is 0 Å². The molecule has 1 aliphatic carbocycles. The Labute approximate surface area is 108 Å². The Kier molecular flexibility index (Phi) is 3.49. The highest BCUT2D eigenvalue weighted by atomic mass is 32.2. The summed E-state index contributed by atoms with van der Waals surface area (Å²) in [5.74, 6) is 0.752. The van der Waals surface area contributed by atoms with Crippen LogP contribution < -0.4 is 15.8 Å². The first kappa shape index (κ1) is 13.2. The second-order valence-corrected chi connectivity index (χ2v) is 6.31. The average Bonchev–Trinajstić information content (AvgIpc) is 3.09. The molecule has 1 aromatic carbocycles. The van der Waals surface area contributed by atoms with Crippen molar-refractivity contribution in [2.75, 3.05) is 23.7 Å². The third-order valence-corrected chi connectivity index (χ3v) is 4.14. The molecule has 1 aromatic rings. The van der Waals surface area contributed by atoms with Crippen LogP contribution in [0.15, 0.2) is 23.1 Å². The number of anilines is 2. The summed E-state index contributed by atoms with van der Waals surface area (Å²) in [5.41, 5.74) is 7.28. The van der Waals surface area contributed by atoms with Crippen molar-refractivity contribution in [3.8, 4) is 0 Å². The summed E-state index contributed by atoms with van der Waals surface area (Å²) < 4.78 is 22.5. The van der Waals surface area contributed by atoms with Gasteiger partial charge < -0.3 is 10.6 Å². The fourth-order valence-corrected chi connectivity index (χ4v) is 2.56. The lowest BCUT2D eigenvalue weighted by Gasteiger charge is -2.24. The van der Waals surface area contributed by atoms with Crippen molar-refractivity contribution in [2.45, 2.75) is 24.7 Å². The molecule has 0 radical (unpaired) electrons. The number of nitrogens with zero attached hydrogens (tertiary/aromatic N) is 1. The van der Waals surface area contributed by atoms with Gasteiger partial charge in [0, 0.05) is 13.1 Å². The lowest BCUT2D eigenvalue weighted by Crippen LogP contribution is -2.26. The van der Waals surface area contributed by atoms with Crippen molar-refractivity contribution in [3.63, 3.8) is 0 Å². The molecule has 0 aliphatic heterocycles. The molecule has 0 spiro atoms. The minimum Gasteiger partial charge on any atom is -0.397 e. The van der Waals surface area contributed by atoms with Gasteiger partial charge in [0.25, 0.3) is 0 Å². The molecule has 1 saturated carbocycles. The highest BCUT2D eigenvalue weighted by Gasteiger charge is 2.24. The Bertz CT molecular complexity index is 538. The van der Waals surface area contributed by atoms with E-state index in [9.17, 15) is 8.42 Å². The molecular formula is C12H19N3O2S. The third kappa shape index (κ3) is 2.94. The fourth-order valence-electron chi connectivity index (χ4n) is 2.01. The van der Waals surface area contributed by atoms with Crippen LogP contribution in [0.1, 0.15) is 19.8 Å². The quantitative estimate of drug-likeness (QED) is 0.785. The SMILES string of the molecule is CCN(CC1CC1)c1ccc(S(N)(=O)=O)cc1N. The summed E-state index contributed by atoms with van der Waals surface area (Å²) in [6.07, 6.45) is 2.54. The van der Waals surface area contributed by atoms with Gasteiger partial charge in [0.05, 0.1) is 16.3 Å². The minimum atomic E-state index is -3.68. The Morgan fingerprint density at radius 3 is 2.50 bits per heavy atom. The largest absolute Gasteiger partial charge is 0.397 e. The Morgan fingerprint density at radius 2 is 2.06 bits per heavy atom. The number of hydrogen-bond acceptors (Lipinski definition) is 4. The van der Waals surface area contributed by atoms with Crippen molar-refractivity contribution >= 4 is 21.4 Å². The summed E-state index contributed by atoms with van der Waals surface area (Å²) in [6.45, 7) is 3.90. The third-order valence-electron chi connectivity index (χ3n) is 3.23. The van der Waals surface area contributed by atoms with Gasteiger partial charge in [-0.2, -0.15) is 0 Å². The van der Waals surface area contributed by atoms with Gasteiger partial charge in [-0.1, -0.05) is 0 Å². The van der Waals surface area contributed by atoms with Crippen molar-refractivity contribution in [3.05, 3.63) is 18.2 Å². The normalized spacial score (nSPS) is 15.7. The molecule has 0 aromatic heterocycles. The van der Waals surface area contributed by atoms with E-state index >= 15 is 0 Å². The predicted molar refractivity (Wildman–Crippen MR) is 72.8 cm³/mol. The van der Waals surface area contributed by atoms with Crippen LogP contribution >= 0.6 is 0 Å². The Hall–Kier alpha value is -1.27. The van der Waals surface area contributed by atoms with Crippen molar-refractivity contribution in [1.29, 1.82) is 0 Å². The second-order valence-electron chi connectivity index (χ2n) is 4.75. The topological polar surface area (TPSA) is 89.4 Å². The highest BCUT2D eigenvalue weighted by molar-refractivity contribution is 7.89. The molecule has 0 heterocycles. The number of nitrogen functional groups attached to an aromatic ring is 1. The zero-order valence-electron chi connectivity index (χ0n) is 10.5. The molecule has 1 aliphatic rings. The maximum atomic E-state index is 11.2. The van der Waals surface area contributed by atoms with E-state index < -0.39 is 10.0 Å². The molecule has 0 unspecified atom stereocenters. The summed E-state index contributed by atoms with van der Waals surface area (Å²) in [6, 6.07) is 4.68. The lowest BCUT2D eigenvalue weighted by atomic mass is 10.2. The molecule has 0 saturated heterocycles. The van der Waals surface area contributed by atoms with E-state index in [2.05, 4.69) is 11.8 Å². The number of primary sulfonamides is 1. The molecule has 6 heteroatoms. The van der Waals surface area contributed by atoms with Crippen LogP contribution in [-0.2, 0) is 10.0 Å². The highest BCUT2D eigenvalue weighted by Crippen LogP contribution is 2.33. The van der Waals surface area contributed by atoms with Gasteiger partial charge in [-0.3, -0.25) is 0 Å². The van der Waals surface area contributed by atoms with E-state index in [1.165, 1.54) is 25.0 Å². The summed E-state index contributed by atoms with van der Waals surface area (Å²) in [4.78, 5) is 2.24. The van der Waals surface area contributed by atoms with E-state index in [1.54, 1.807) is 6.07 Å². The smallest absolute Gasteiger partial charge is 0.238 e. The van der Waals surface area contributed by atoms with Gasteiger partial charge in [-0.05, 0) is 43.9 Å². The van der Waals surface area contributed by atoms with E-state index in [4.69, 9.17) is 10.9 Å². The number of hydrogen-bond donors (Lipinski definition) is 2. The number of sulfonamides is 1. The average molecular weight is 269 g/mol. The van der Waals surface area contributed by atoms with Gasteiger partial charge in [0.2, 0.25) is 10.0 Å². The standard InChI is InChI=1S/C12H19N3O2S/c1-2-15(8-9-3-4-9)12-6-5-10(7-11(12)13)18(14,16)17/h5-7,9H,2-4,8,13H2,1H3,(H2,14,16,17). The predicted octanol–water partition coefficient (Wildman–Crippen LogP) is 1.15. The Morgan fingerprint density at radius 1 is 1.39 bits per heavy atom. The molecule has 4 N–H and O–H groups in total. The second kappa shape index (κ2) is 4.78. The summed E-state index contributed by atoms with van der Waals surface area (Å²) in [5, 5.41) is 5.08. The molecule has 100 valence electrons. The van der Waals surface area contributed by atoms with Crippen molar-refractivity contribution in [1.82, 2.24) is 0 Å². The fraction of sp³-hybridized carbons (Fsp3) is 0.500. The number of nitrogens with two attached hydrogens (primary N) is 2. The maximum absolute atomic E-state index is 11.2. The monoisotopic (exact) mass is 269 g/mol. The van der Waals surface area contributed by atoms with Gasteiger partial charge in [0.15, 0.2) is 0 Å². The Balaban J connectivity index is 2.27. The van der Waals surface area contributed by atoms with Crippen LogP contribution in [-0.4, -0.2) is 21.5 Å². The molecule has 18 heavy (non-hydrogen) atoms. The first-order valence-corrected chi connectivity index (χ1v) is 7.63.